The van der Waals surface area contributed by atoms with E-state index in [1.165, 1.54) is 26.0 Å². The maximum absolute atomic E-state index is 12.0. The molecule has 0 aliphatic carbocycles. The maximum atomic E-state index is 12.0. The SMILES string of the molecule is CC(=O)c1c(C)cc(O)c(C(C)=O)c1-c1ccccc1O. The molecule has 21 heavy (non-hydrogen) atoms. The Morgan fingerprint density at radius 2 is 1.48 bits per heavy atom. The number of benzene rings is 2. The zero-order chi connectivity index (χ0) is 15.7. The minimum atomic E-state index is -0.367. The van der Waals surface area contributed by atoms with E-state index in [-0.39, 0.29) is 34.2 Å². The fourth-order valence-electron chi connectivity index (χ4n) is 2.56. The van der Waals surface area contributed by atoms with Crippen LogP contribution in [0.15, 0.2) is 30.3 Å². The van der Waals surface area contributed by atoms with Crippen molar-refractivity contribution in [2.45, 2.75) is 20.8 Å². The molecule has 0 spiro atoms. The van der Waals surface area contributed by atoms with Gasteiger partial charge in [0, 0.05) is 16.7 Å². The van der Waals surface area contributed by atoms with Crippen LogP contribution in [0.5, 0.6) is 11.5 Å². The third-order valence-electron chi connectivity index (χ3n) is 3.38. The molecule has 2 N–H and O–H groups in total. The van der Waals surface area contributed by atoms with Crippen molar-refractivity contribution >= 4 is 11.6 Å². The second-order valence-electron chi connectivity index (χ2n) is 4.97. The minimum absolute atomic E-state index is 0.0484. The van der Waals surface area contributed by atoms with Crippen molar-refractivity contribution in [3.05, 3.63) is 47.0 Å². The van der Waals surface area contributed by atoms with Gasteiger partial charge in [-0.05, 0) is 38.5 Å². The lowest BCUT2D eigenvalue weighted by Gasteiger charge is -2.17. The molecule has 0 saturated carbocycles. The Hall–Kier alpha value is -2.62. The Labute approximate surface area is 122 Å². The Kier molecular flexibility index (Phi) is 3.80. The molecule has 0 aromatic heterocycles. The smallest absolute Gasteiger partial charge is 0.164 e. The number of para-hydroxylation sites is 1. The van der Waals surface area contributed by atoms with Crippen LogP contribution in [0.2, 0.25) is 0 Å². The molecule has 0 aliphatic heterocycles. The van der Waals surface area contributed by atoms with E-state index in [1.807, 2.05) is 0 Å². The van der Waals surface area contributed by atoms with Crippen LogP contribution in [0.3, 0.4) is 0 Å². The largest absolute Gasteiger partial charge is 0.507 e. The predicted octanol–water partition coefficient (Wildman–Crippen LogP) is 3.48. The highest BCUT2D eigenvalue weighted by Gasteiger charge is 2.24. The number of hydrogen-bond acceptors (Lipinski definition) is 4. The molecule has 2 aromatic carbocycles. The van der Waals surface area contributed by atoms with Gasteiger partial charge in [0.05, 0.1) is 5.56 Å². The number of carbonyl (C=O) groups is 2. The molecule has 0 unspecified atom stereocenters. The van der Waals surface area contributed by atoms with Gasteiger partial charge in [0.1, 0.15) is 11.5 Å². The number of aryl methyl sites for hydroxylation is 1. The van der Waals surface area contributed by atoms with Crippen molar-refractivity contribution in [1.29, 1.82) is 0 Å². The topological polar surface area (TPSA) is 74.6 Å². The summed E-state index contributed by atoms with van der Waals surface area (Å²) >= 11 is 0. The first kappa shape index (κ1) is 14.8. The lowest BCUT2D eigenvalue weighted by molar-refractivity contribution is 0.101. The first-order chi connectivity index (χ1) is 9.84. The van der Waals surface area contributed by atoms with Gasteiger partial charge < -0.3 is 10.2 Å². The number of rotatable bonds is 3. The lowest BCUT2D eigenvalue weighted by atomic mass is 9.87. The van der Waals surface area contributed by atoms with Crippen LogP contribution in [0.25, 0.3) is 11.1 Å². The van der Waals surface area contributed by atoms with Crippen LogP contribution in [-0.4, -0.2) is 21.8 Å². The molecule has 2 rings (SSSR count). The summed E-state index contributed by atoms with van der Waals surface area (Å²) in [6.07, 6.45) is 0. The van der Waals surface area contributed by atoms with Crippen LogP contribution >= 0.6 is 0 Å². The molecule has 0 heterocycles. The van der Waals surface area contributed by atoms with E-state index in [9.17, 15) is 19.8 Å². The molecule has 0 amide bonds. The molecular weight excluding hydrogens is 268 g/mol. The first-order valence-corrected chi connectivity index (χ1v) is 6.51. The van der Waals surface area contributed by atoms with E-state index in [0.29, 0.717) is 16.7 Å². The van der Waals surface area contributed by atoms with E-state index in [0.717, 1.165) is 0 Å². The van der Waals surface area contributed by atoms with Crippen molar-refractivity contribution in [1.82, 2.24) is 0 Å². The Bertz CT molecular complexity index is 706. The monoisotopic (exact) mass is 284 g/mol. The number of carbonyl (C=O) groups excluding carboxylic acids is 2. The first-order valence-electron chi connectivity index (χ1n) is 6.51. The van der Waals surface area contributed by atoms with Gasteiger partial charge in [0.2, 0.25) is 0 Å². The van der Waals surface area contributed by atoms with E-state index in [2.05, 4.69) is 0 Å². The molecule has 0 fully saturated rings. The van der Waals surface area contributed by atoms with Crippen molar-refractivity contribution in [2.24, 2.45) is 0 Å². The summed E-state index contributed by atoms with van der Waals surface area (Å²) in [4.78, 5) is 23.9. The molecule has 0 aliphatic rings. The second kappa shape index (κ2) is 5.40. The van der Waals surface area contributed by atoms with Gasteiger partial charge in [-0.15, -0.1) is 0 Å². The Morgan fingerprint density at radius 1 is 0.905 bits per heavy atom. The summed E-state index contributed by atoms with van der Waals surface area (Å²) < 4.78 is 0. The standard InChI is InChI=1S/C17H16O4/c1-9-8-14(21)16(11(3)19)17(15(9)10(2)18)12-6-4-5-7-13(12)20/h4-8,20-21H,1-3H3. The second-order valence-corrected chi connectivity index (χ2v) is 4.97. The summed E-state index contributed by atoms with van der Waals surface area (Å²) in [5.74, 6) is -0.836. The van der Waals surface area contributed by atoms with Gasteiger partial charge in [-0.3, -0.25) is 9.59 Å². The molecule has 0 saturated heterocycles. The lowest BCUT2D eigenvalue weighted by Crippen LogP contribution is -2.07. The highest BCUT2D eigenvalue weighted by Crippen LogP contribution is 2.40. The molecular formula is C17H16O4. The zero-order valence-electron chi connectivity index (χ0n) is 12.1. The number of hydrogen-bond donors (Lipinski definition) is 2. The average Bonchev–Trinajstić information content (AvgIpc) is 2.37. The maximum Gasteiger partial charge on any atom is 0.164 e. The minimum Gasteiger partial charge on any atom is -0.507 e. The van der Waals surface area contributed by atoms with Crippen LogP contribution in [0.4, 0.5) is 0 Å². The molecule has 0 atom stereocenters. The van der Waals surface area contributed by atoms with Crippen molar-refractivity contribution in [3.63, 3.8) is 0 Å². The zero-order valence-corrected chi connectivity index (χ0v) is 12.1. The molecule has 4 nitrogen and oxygen atoms in total. The van der Waals surface area contributed by atoms with E-state index in [1.54, 1.807) is 25.1 Å². The third-order valence-corrected chi connectivity index (χ3v) is 3.38. The summed E-state index contributed by atoms with van der Waals surface area (Å²) in [6.45, 7) is 4.40. The highest BCUT2D eigenvalue weighted by atomic mass is 16.3. The highest BCUT2D eigenvalue weighted by molar-refractivity contribution is 6.12. The van der Waals surface area contributed by atoms with Crippen LogP contribution < -0.4 is 0 Å². The number of phenols is 2. The molecule has 0 radical (unpaired) electrons. The van der Waals surface area contributed by atoms with E-state index in [4.69, 9.17) is 0 Å². The summed E-state index contributed by atoms with van der Waals surface area (Å²) in [5, 5.41) is 20.1. The average molecular weight is 284 g/mol. The van der Waals surface area contributed by atoms with Crippen LogP contribution in [-0.2, 0) is 0 Å². The number of ketones is 2. The Morgan fingerprint density at radius 3 is 2.00 bits per heavy atom. The summed E-state index contributed by atoms with van der Waals surface area (Å²) in [5.41, 5.74) is 1.58. The quantitative estimate of drug-likeness (QED) is 0.846. The third kappa shape index (κ3) is 2.52. The molecule has 108 valence electrons. The van der Waals surface area contributed by atoms with E-state index < -0.39 is 0 Å². The fraction of sp³-hybridized carbons (Fsp3) is 0.176. The van der Waals surface area contributed by atoms with Gasteiger partial charge >= 0.3 is 0 Å². The van der Waals surface area contributed by atoms with Crippen molar-refractivity contribution in [3.8, 4) is 22.6 Å². The van der Waals surface area contributed by atoms with Gasteiger partial charge in [-0.2, -0.15) is 0 Å². The van der Waals surface area contributed by atoms with Gasteiger partial charge in [0.25, 0.3) is 0 Å². The van der Waals surface area contributed by atoms with Crippen LogP contribution in [0.1, 0.15) is 40.1 Å². The number of Topliss-reactive ketones (excluding diaryl/α,β-unsaturated/α-hetero) is 2. The van der Waals surface area contributed by atoms with Gasteiger partial charge in [-0.25, -0.2) is 0 Å². The molecule has 0 bridgehead atoms. The van der Waals surface area contributed by atoms with Crippen molar-refractivity contribution < 1.29 is 19.8 Å². The predicted molar refractivity (Wildman–Crippen MR) is 80.0 cm³/mol. The molecule has 2 aromatic rings. The summed E-state index contributed by atoms with van der Waals surface area (Å²) in [7, 11) is 0. The normalized spacial score (nSPS) is 10.4. The van der Waals surface area contributed by atoms with Gasteiger partial charge in [-0.1, -0.05) is 18.2 Å². The summed E-state index contributed by atoms with van der Waals surface area (Å²) in [6, 6.07) is 7.83. The number of phenolic OH excluding ortho intramolecular Hbond substituents is 2. The Balaban J connectivity index is 3.00. The van der Waals surface area contributed by atoms with Crippen molar-refractivity contribution in [2.75, 3.05) is 0 Å². The molecule has 4 heteroatoms. The number of aromatic hydroxyl groups is 2. The van der Waals surface area contributed by atoms with E-state index >= 15 is 0 Å². The van der Waals surface area contributed by atoms with Gasteiger partial charge in [0.15, 0.2) is 11.6 Å². The van der Waals surface area contributed by atoms with Crippen LogP contribution in [0, 0.1) is 6.92 Å². The fourth-order valence-corrected chi connectivity index (χ4v) is 2.56.